The zero-order valence-corrected chi connectivity index (χ0v) is 10.7. The summed E-state index contributed by atoms with van der Waals surface area (Å²) in [4.78, 5) is 0. The molecule has 0 amide bonds. The molecule has 17 heavy (non-hydrogen) atoms. The maximum Gasteiger partial charge on any atom is 0.122 e. The maximum absolute atomic E-state index is 10.0. The van der Waals surface area contributed by atoms with Crippen LogP contribution in [0.2, 0.25) is 0 Å². The number of hydrogen-bond acceptors (Lipinski definition) is 4. The van der Waals surface area contributed by atoms with Crippen LogP contribution in [0.1, 0.15) is 25.0 Å². The van der Waals surface area contributed by atoms with E-state index in [0.717, 1.165) is 18.5 Å². The molecule has 0 radical (unpaired) electrons. The highest BCUT2D eigenvalue weighted by molar-refractivity contribution is 5.39. The molecule has 0 bridgehead atoms. The van der Waals surface area contributed by atoms with Gasteiger partial charge in [0, 0.05) is 12.6 Å². The number of aliphatic hydroxyl groups is 1. The summed E-state index contributed by atoms with van der Waals surface area (Å²) in [6.07, 6.45) is 0.499. The second-order valence-electron chi connectivity index (χ2n) is 3.87. The Labute approximate surface area is 103 Å². The van der Waals surface area contributed by atoms with Crippen LogP contribution in [0.3, 0.4) is 0 Å². The largest absolute Gasteiger partial charge is 0.497 e. The summed E-state index contributed by atoms with van der Waals surface area (Å²) in [7, 11) is 3.19. The highest BCUT2D eigenvalue weighted by atomic mass is 16.5. The third kappa shape index (κ3) is 4.24. The summed E-state index contributed by atoms with van der Waals surface area (Å²) < 4.78 is 10.3. The first-order valence-electron chi connectivity index (χ1n) is 5.83. The summed E-state index contributed by atoms with van der Waals surface area (Å²) in [5, 5.41) is 13.2. The van der Waals surface area contributed by atoms with E-state index in [1.54, 1.807) is 20.3 Å². The lowest BCUT2D eigenvalue weighted by Gasteiger charge is -2.14. The number of benzene rings is 1. The second kappa shape index (κ2) is 7.14. The van der Waals surface area contributed by atoms with Crippen LogP contribution >= 0.6 is 0 Å². The molecule has 1 atom stereocenters. The molecule has 1 aromatic carbocycles. The van der Waals surface area contributed by atoms with Crippen LogP contribution in [0.5, 0.6) is 11.5 Å². The van der Waals surface area contributed by atoms with Gasteiger partial charge in [0.1, 0.15) is 11.5 Å². The van der Waals surface area contributed by atoms with Crippen molar-refractivity contribution >= 4 is 0 Å². The minimum Gasteiger partial charge on any atom is -0.497 e. The first-order valence-corrected chi connectivity index (χ1v) is 5.83. The Balaban J connectivity index is 2.73. The Bertz CT molecular complexity index is 319. The number of rotatable bonds is 7. The predicted octanol–water partition coefficient (Wildman–Crippen LogP) is 1.74. The number of nitrogens with one attached hydrogen (secondary N) is 1. The van der Waals surface area contributed by atoms with Gasteiger partial charge in [0.15, 0.2) is 0 Å². The van der Waals surface area contributed by atoms with Gasteiger partial charge in [0.2, 0.25) is 0 Å². The van der Waals surface area contributed by atoms with Crippen molar-refractivity contribution in [1.82, 2.24) is 5.32 Å². The fourth-order valence-corrected chi connectivity index (χ4v) is 1.56. The fourth-order valence-electron chi connectivity index (χ4n) is 1.56. The Morgan fingerprint density at radius 3 is 2.24 bits per heavy atom. The average Bonchev–Trinajstić information content (AvgIpc) is 2.38. The van der Waals surface area contributed by atoms with Crippen LogP contribution in [0.4, 0.5) is 0 Å². The molecule has 1 rings (SSSR count). The quantitative estimate of drug-likeness (QED) is 0.712. The highest BCUT2D eigenvalue weighted by Gasteiger charge is 2.10. The van der Waals surface area contributed by atoms with Crippen LogP contribution < -0.4 is 14.8 Å². The van der Waals surface area contributed by atoms with Gasteiger partial charge in [-0.1, -0.05) is 6.92 Å². The van der Waals surface area contributed by atoms with Gasteiger partial charge in [-0.2, -0.15) is 0 Å². The van der Waals surface area contributed by atoms with E-state index in [1.165, 1.54) is 0 Å². The molecular formula is C13H21NO3. The van der Waals surface area contributed by atoms with Gasteiger partial charge in [-0.3, -0.25) is 0 Å². The Morgan fingerprint density at radius 1 is 1.18 bits per heavy atom. The van der Waals surface area contributed by atoms with Crippen molar-refractivity contribution in [3.8, 4) is 11.5 Å². The van der Waals surface area contributed by atoms with E-state index < -0.39 is 6.10 Å². The summed E-state index contributed by atoms with van der Waals surface area (Å²) in [5.41, 5.74) is 0.796. The molecule has 0 aliphatic carbocycles. The maximum atomic E-state index is 10.0. The molecule has 0 aromatic heterocycles. The smallest absolute Gasteiger partial charge is 0.122 e. The number of methoxy groups -OCH3 is 2. The van der Waals surface area contributed by atoms with E-state index in [0.29, 0.717) is 18.0 Å². The monoisotopic (exact) mass is 239 g/mol. The van der Waals surface area contributed by atoms with Crippen molar-refractivity contribution in [2.24, 2.45) is 0 Å². The molecule has 4 heteroatoms. The Hall–Kier alpha value is -1.26. The zero-order valence-electron chi connectivity index (χ0n) is 10.7. The third-order valence-corrected chi connectivity index (χ3v) is 2.52. The van der Waals surface area contributed by atoms with Gasteiger partial charge in [-0.05, 0) is 30.7 Å². The molecule has 0 spiro atoms. The topological polar surface area (TPSA) is 50.7 Å². The van der Waals surface area contributed by atoms with Crippen molar-refractivity contribution in [2.75, 3.05) is 27.3 Å². The number of hydrogen-bond donors (Lipinski definition) is 2. The van der Waals surface area contributed by atoms with Crippen molar-refractivity contribution in [2.45, 2.75) is 19.4 Å². The van der Waals surface area contributed by atoms with Gasteiger partial charge < -0.3 is 19.9 Å². The normalized spacial score (nSPS) is 12.2. The van der Waals surface area contributed by atoms with Crippen molar-refractivity contribution < 1.29 is 14.6 Å². The van der Waals surface area contributed by atoms with Crippen molar-refractivity contribution in [3.05, 3.63) is 23.8 Å². The Morgan fingerprint density at radius 2 is 1.76 bits per heavy atom. The standard InChI is InChI=1S/C13H21NO3/c1-4-5-14-9-13(15)10-6-11(16-2)8-12(7-10)17-3/h6-8,13-15H,4-5,9H2,1-3H3. The summed E-state index contributed by atoms with van der Waals surface area (Å²) >= 11 is 0. The number of aliphatic hydroxyl groups excluding tert-OH is 1. The molecule has 0 saturated heterocycles. The van der Waals surface area contributed by atoms with Crippen LogP contribution in [0.25, 0.3) is 0 Å². The lowest BCUT2D eigenvalue weighted by molar-refractivity contribution is 0.174. The molecular weight excluding hydrogens is 218 g/mol. The molecule has 1 aromatic rings. The van der Waals surface area contributed by atoms with E-state index in [4.69, 9.17) is 9.47 Å². The van der Waals surface area contributed by atoms with Gasteiger partial charge in [-0.25, -0.2) is 0 Å². The summed E-state index contributed by atoms with van der Waals surface area (Å²) in [5.74, 6) is 1.38. The SMILES string of the molecule is CCCNCC(O)c1cc(OC)cc(OC)c1. The Kier molecular flexibility index (Phi) is 5.80. The molecule has 96 valence electrons. The minimum absolute atomic E-state index is 0.532. The third-order valence-electron chi connectivity index (χ3n) is 2.52. The highest BCUT2D eigenvalue weighted by Crippen LogP contribution is 2.26. The van der Waals surface area contributed by atoms with Crippen LogP contribution in [0, 0.1) is 0 Å². The van der Waals surface area contributed by atoms with Crippen molar-refractivity contribution in [1.29, 1.82) is 0 Å². The van der Waals surface area contributed by atoms with E-state index in [2.05, 4.69) is 12.2 Å². The zero-order chi connectivity index (χ0) is 12.7. The van der Waals surface area contributed by atoms with E-state index in [-0.39, 0.29) is 0 Å². The first kappa shape index (κ1) is 13.8. The second-order valence-corrected chi connectivity index (χ2v) is 3.87. The number of ether oxygens (including phenoxy) is 2. The van der Waals surface area contributed by atoms with Gasteiger partial charge in [0.25, 0.3) is 0 Å². The average molecular weight is 239 g/mol. The molecule has 0 heterocycles. The lowest BCUT2D eigenvalue weighted by Crippen LogP contribution is -2.22. The van der Waals surface area contributed by atoms with Crippen molar-refractivity contribution in [3.63, 3.8) is 0 Å². The molecule has 0 fully saturated rings. The van der Waals surface area contributed by atoms with E-state index in [1.807, 2.05) is 12.1 Å². The molecule has 0 aliphatic heterocycles. The molecule has 0 aliphatic rings. The fraction of sp³-hybridized carbons (Fsp3) is 0.538. The van der Waals surface area contributed by atoms with Crippen LogP contribution in [-0.2, 0) is 0 Å². The van der Waals surface area contributed by atoms with E-state index >= 15 is 0 Å². The van der Waals surface area contributed by atoms with Crippen LogP contribution in [0.15, 0.2) is 18.2 Å². The summed E-state index contributed by atoms with van der Waals surface area (Å²) in [6, 6.07) is 5.43. The minimum atomic E-state index is -0.550. The molecule has 4 nitrogen and oxygen atoms in total. The van der Waals surface area contributed by atoms with Crippen LogP contribution in [-0.4, -0.2) is 32.4 Å². The molecule has 0 saturated carbocycles. The first-order chi connectivity index (χ1) is 8.21. The molecule has 2 N–H and O–H groups in total. The lowest BCUT2D eigenvalue weighted by atomic mass is 10.1. The summed E-state index contributed by atoms with van der Waals surface area (Å²) in [6.45, 7) is 3.52. The van der Waals surface area contributed by atoms with E-state index in [9.17, 15) is 5.11 Å². The molecule has 1 unspecified atom stereocenters. The predicted molar refractivity (Wildman–Crippen MR) is 67.7 cm³/mol. The van der Waals surface area contributed by atoms with Gasteiger partial charge in [0.05, 0.1) is 20.3 Å². The van der Waals surface area contributed by atoms with Gasteiger partial charge in [-0.15, -0.1) is 0 Å². The van der Waals surface area contributed by atoms with Gasteiger partial charge >= 0.3 is 0 Å².